The molecule has 2 rings (SSSR count). The quantitative estimate of drug-likeness (QED) is 0.833. The highest BCUT2D eigenvalue weighted by Gasteiger charge is 2.14. The molecule has 0 radical (unpaired) electrons. The number of halogens is 3. The molecule has 0 amide bonds. The highest BCUT2D eigenvalue weighted by molar-refractivity contribution is 9.10. The van der Waals surface area contributed by atoms with Gasteiger partial charge in [-0.25, -0.2) is 0 Å². The van der Waals surface area contributed by atoms with Crippen LogP contribution in [0.4, 0.5) is 0 Å². The van der Waals surface area contributed by atoms with Gasteiger partial charge in [0, 0.05) is 38.9 Å². The monoisotopic (exact) mass is 372 g/mol. The van der Waals surface area contributed by atoms with Gasteiger partial charge in [-0.3, -0.25) is 4.98 Å². The molecule has 0 aliphatic rings. The summed E-state index contributed by atoms with van der Waals surface area (Å²) in [5.41, 5.74) is 2.02. The van der Waals surface area contributed by atoms with E-state index in [4.69, 9.17) is 23.2 Å². The zero-order chi connectivity index (χ0) is 14.5. The molecule has 20 heavy (non-hydrogen) atoms. The SMILES string of the molecule is CNC(Cc1ccc(Br)cn1)Cc1c(Cl)cccc1Cl. The van der Waals surface area contributed by atoms with Gasteiger partial charge in [0.25, 0.3) is 0 Å². The third-order valence-electron chi connectivity index (χ3n) is 3.16. The highest BCUT2D eigenvalue weighted by atomic mass is 79.9. The Morgan fingerprint density at radius 2 is 1.85 bits per heavy atom. The second-order valence-electron chi connectivity index (χ2n) is 4.56. The lowest BCUT2D eigenvalue weighted by molar-refractivity contribution is 0.550. The van der Waals surface area contributed by atoms with E-state index in [9.17, 15) is 0 Å². The molecule has 0 aliphatic carbocycles. The van der Waals surface area contributed by atoms with Crippen molar-refractivity contribution in [3.8, 4) is 0 Å². The third kappa shape index (κ3) is 4.19. The summed E-state index contributed by atoms with van der Waals surface area (Å²) in [4.78, 5) is 4.40. The molecule has 1 unspecified atom stereocenters. The molecule has 0 spiro atoms. The van der Waals surface area contributed by atoms with E-state index in [0.29, 0.717) is 10.0 Å². The van der Waals surface area contributed by atoms with Crippen molar-refractivity contribution in [3.63, 3.8) is 0 Å². The number of pyridine rings is 1. The molecular weight excluding hydrogens is 359 g/mol. The zero-order valence-corrected chi connectivity index (χ0v) is 14.1. The number of benzene rings is 1. The van der Waals surface area contributed by atoms with E-state index >= 15 is 0 Å². The molecule has 2 nitrogen and oxygen atoms in total. The van der Waals surface area contributed by atoms with Crippen molar-refractivity contribution < 1.29 is 0 Å². The molecule has 0 bridgehead atoms. The van der Waals surface area contributed by atoms with Crippen molar-refractivity contribution in [1.82, 2.24) is 10.3 Å². The van der Waals surface area contributed by atoms with Crippen LogP contribution >= 0.6 is 39.1 Å². The second-order valence-corrected chi connectivity index (χ2v) is 6.29. The minimum atomic E-state index is 0.237. The minimum Gasteiger partial charge on any atom is -0.316 e. The molecule has 0 aliphatic heterocycles. The normalized spacial score (nSPS) is 12.4. The zero-order valence-electron chi connectivity index (χ0n) is 11.0. The maximum Gasteiger partial charge on any atom is 0.0453 e. The van der Waals surface area contributed by atoms with Crippen molar-refractivity contribution in [1.29, 1.82) is 0 Å². The Bertz CT molecular complexity index is 552. The van der Waals surface area contributed by atoms with E-state index in [1.807, 2.05) is 43.6 Å². The second kappa shape index (κ2) is 7.41. The summed E-state index contributed by atoms with van der Waals surface area (Å²) in [6, 6.07) is 9.85. The van der Waals surface area contributed by atoms with Crippen LogP contribution < -0.4 is 5.32 Å². The Labute approximate surface area is 137 Å². The van der Waals surface area contributed by atoms with Crippen LogP contribution in [-0.4, -0.2) is 18.1 Å². The lowest BCUT2D eigenvalue weighted by atomic mass is 10.0. The lowest BCUT2D eigenvalue weighted by Crippen LogP contribution is -2.30. The largest absolute Gasteiger partial charge is 0.316 e. The van der Waals surface area contributed by atoms with E-state index in [0.717, 1.165) is 28.6 Å². The van der Waals surface area contributed by atoms with E-state index < -0.39 is 0 Å². The number of nitrogens with zero attached hydrogens (tertiary/aromatic N) is 1. The smallest absolute Gasteiger partial charge is 0.0453 e. The van der Waals surface area contributed by atoms with Gasteiger partial charge in [0.1, 0.15) is 0 Å². The summed E-state index contributed by atoms with van der Waals surface area (Å²) in [6.45, 7) is 0. The van der Waals surface area contributed by atoms with Gasteiger partial charge in [-0.1, -0.05) is 29.3 Å². The first-order chi connectivity index (χ1) is 9.60. The first kappa shape index (κ1) is 15.8. The van der Waals surface area contributed by atoms with Gasteiger partial charge in [-0.05, 0) is 59.2 Å². The van der Waals surface area contributed by atoms with Crippen molar-refractivity contribution in [2.75, 3.05) is 7.05 Å². The average Bonchev–Trinajstić information content (AvgIpc) is 2.44. The molecule has 5 heteroatoms. The molecule has 1 N–H and O–H groups in total. The number of hydrogen-bond donors (Lipinski definition) is 1. The van der Waals surface area contributed by atoms with Crippen LogP contribution in [0.1, 0.15) is 11.3 Å². The number of likely N-dealkylation sites (N-methyl/N-ethyl adjacent to an activating group) is 1. The molecule has 0 saturated heterocycles. The molecule has 0 saturated carbocycles. The van der Waals surface area contributed by atoms with E-state index in [1.165, 1.54) is 0 Å². The Morgan fingerprint density at radius 1 is 1.15 bits per heavy atom. The van der Waals surface area contributed by atoms with Crippen LogP contribution in [0.3, 0.4) is 0 Å². The average molecular weight is 374 g/mol. The predicted molar refractivity (Wildman–Crippen MR) is 88.7 cm³/mol. The molecule has 0 fully saturated rings. The van der Waals surface area contributed by atoms with Gasteiger partial charge >= 0.3 is 0 Å². The van der Waals surface area contributed by atoms with Gasteiger partial charge in [0.2, 0.25) is 0 Å². The van der Waals surface area contributed by atoms with Gasteiger partial charge in [-0.2, -0.15) is 0 Å². The fraction of sp³-hybridized carbons (Fsp3) is 0.267. The minimum absolute atomic E-state index is 0.237. The Hall–Kier alpha value is -0.610. The molecule has 1 aromatic heterocycles. The number of nitrogens with one attached hydrogen (secondary N) is 1. The van der Waals surface area contributed by atoms with Crippen molar-refractivity contribution in [2.24, 2.45) is 0 Å². The van der Waals surface area contributed by atoms with Crippen LogP contribution in [-0.2, 0) is 12.8 Å². The maximum absolute atomic E-state index is 6.22. The standard InChI is InChI=1S/C15H15BrCl2N2/c1-19-12(7-11-6-5-10(16)9-20-11)8-13-14(17)3-2-4-15(13)18/h2-6,9,12,19H,7-8H2,1H3. The van der Waals surface area contributed by atoms with E-state index in [1.54, 1.807) is 0 Å². The highest BCUT2D eigenvalue weighted by Crippen LogP contribution is 2.26. The lowest BCUT2D eigenvalue weighted by Gasteiger charge is -2.17. The van der Waals surface area contributed by atoms with Gasteiger partial charge in [-0.15, -0.1) is 0 Å². The van der Waals surface area contributed by atoms with E-state index in [2.05, 4.69) is 26.2 Å². The summed E-state index contributed by atoms with van der Waals surface area (Å²) in [6.07, 6.45) is 3.41. The summed E-state index contributed by atoms with van der Waals surface area (Å²) in [5.74, 6) is 0. The number of hydrogen-bond acceptors (Lipinski definition) is 2. The first-order valence-electron chi connectivity index (χ1n) is 6.30. The third-order valence-corrected chi connectivity index (χ3v) is 4.34. The molecular formula is C15H15BrCl2N2. The van der Waals surface area contributed by atoms with Crippen LogP contribution in [0, 0.1) is 0 Å². The fourth-order valence-corrected chi connectivity index (χ4v) is 2.82. The summed E-state index contributed by atoms with van der Waals surface area (Å²) in [7, 11) is 1.94. The van der Waals surface area contributed by atoms with Gasteiger partial charge in [0.15, 0.2) is 0 Å². The first-order valence-corrected chi connectivity index (χ1v) is 7.85. The van der Waals surface area contributed by atoms with Crippen molar-refractivity contribution in [3.05, 3.63) is 62.3 Å². The molecule has 1 heterocycles. The molecule has 106 valence electrons. The topological polar surface area (TPSA) is 24.9 Å². The maximum atomic E-state index is 6.22. The summed E-state index contributed by atoms with van der Waals surface area (Å²) < 4.78 is 0.983. The molecule has 1 atom stereocenters. The van der Waals surface area contributed by atoms with Crippen molar-refractivity contribution in [2.45, 2.75) is 18.9 Å². The van der Waals surface area contributed by atoms with Gasteiger partial charge in [0.05, 0.1) is 0 Å². The molecule has 2 aromatic rings. The van der Waals surface area contributed by atoms with Gasteiger partial charge < -0.3 is 5.32 Å². The Morgan fingerprint density at radius 3 is 2.40 bits per heavy atom. The number of aromatic nitrogens is 1. The number of rotatable bonds is 5. The Balaban J connectivity index is 2.11. The summed E-state index contributed by atoms with van der Waals surface area (Å²) >= 11 is 15.8. The van der Waals surface area contributed by atoms with Crippen LogP contribution in [0.25, 0.3) is 0 Å². The van der Waals surface area contributed by atoms with Crippen molar-refractivity contribution >= 4 is 39.1 Å². The fourth-order valence-electron chi connectivity index (χ4n) is 2.03. The molecule has 1 aromatic carbocycles. The Kier molecular flexibility index (Phi) is 5.85. The van der Waals surface area contributed by atoms with Crippen LogP contribution in [0.5, 0.6) is 0 Å². The summed E-state index contributed by atoms with van der Waals surface area (Å²) in [5, 5.41) is 4.72. The van der Waals surface area contributed by atoms with E-state index in [-0.39, 0.29) is 6.04 Å². The van der Waals surface area contributed by atoms with Crippen LogP contribution in [0.15, 0.2) is 41.0 Å². The van der Waals surface area contributed by atoms with Crippen LogP contribution in [0.2, 0.25) is 10.0 Å². The predicted octanol–water partition coefficient (Wildman–Crippen LogP) is 4.52.